The third kappa shape index (κ3) is 6.53. The molecule has 3 N–H and O–H groups in total. The summed E-state index contributed by atoms with van der Waals surface area (Å²) in [6, 6.07) is 7.86. The first-order valence-electron chi connectivity index (χ1n) is 10.4. The molecular formula is C22H32N2O6. The maximum atomic E-state index is 13.2. The minimum absolute atomic E-state index is 0.0745. The quantitative estimate of drug-likeness (QED) is 0.304. The van der Waals surface area contributed by atoms with Crippen molar-refractivity contribution in [1.82, 2.24) is 10.8 Å². The lowest BCUT2D eigenvalue weighted by Crippen LogP contribution is -2.48. The highest BCUT2D eigenvalue weighted by Gasteiger charge is 2.37. The molecule has 0 bridgehead atoms. The van der Waals surface area contributed by atoms with Crippen LogP contribution in [0.25, 0.3) is 0 Å². The summed E-state index contributed by atoms with van der Waals surface area (Å²) in [5.41, 5.74) is 2.14. The summed E-state index contributed by atoms with van der Waals surface area (Å²) in [5, 5.41) is 11.8. The van der Waals surface area contributed by atoms with Crippen molar-refractivity contribution in [3.63, 3.8) is 0 Å². The Labute approximate surface area is 177 Å². The van der Waals surface area contributed by atoms with Gasteiger partial charge in [0.2, 0.25) is 5.91 Å². The molecule has 1 saturated carbocycles. The number of esters is 1. The first-order chi connectivity index (χ1) is 14.4. The number of hydrogen-bond acceptors (Lipinski definition) is 6. The van der Waals surface area contributed by atoms with Crippen molar-refractivity contribution in [1.29, 1.82) is 0 Å². The lowest BCUT2D eigenvalue weighted by molar-refractivity contribution is -0.155. The van der Waals surface area contributed by atoms with Gasteiger partial charge in [0.15, 0.2) is 6.04 Å². The van der Waals surface area contributed by atoms with Gasteiger partial charge in [-0.2, -0.15) is 0 Å². The van der Waals surface area contributed by atoms with Crippen molar-refractivity contribution in [2.24, 2.45) is 11.8 Å². The first-order valence-corrected chi connectivity index (χ1v) is 10.4. The van der Waals surface area contributed by atoms with Crippen molar-refractivity contribution in [2.75, 3.05) is 7.11 Å². The number of benzene rings is 1. The van der Waals surface area contributed by atoms with Crippen LogP contribution < -0.4 is 10.8 Å². The van der Waals surface area contributed by atoms with Gasteiger partial charge in [-0.05, 0) is 43.6 Å². The maximum Gasteiger partial charge on any atom is 0.333 e. The number of nitrogens with one attached hydrogen (secondary N) is 2. The molecule has 1 fully saturated rings. The highest BCUT2D eigenvalue weighted by atomic mass is 16.5. The molecule has 0 saturated heterocycles. The van der Waals surface area contributed by atoms with Crippen LogP contribution in [0.15, 0.2) is 30.3 Å². The smallest absolute Gasteiger partial charge is 0.333 e. The fourth-order valence-electron chi connectivity index (χ4n) is 3.81. The lowest BCUT2D eigenvalue weighted by atomic mass is 9.90. The van der Waals surface area contributed by atoms with Crippen LogP contribution in [0.1, 0.15) is 57.6 Å². The van der Waals surface area contributed by atoms with Gasteiger partial charge in [-0.15, -0.1) is 0 Å². The SMILES string of the molecule is CO[C@H](C(=O)NO)[C@@H](CC(C)C)C(=O)NC(C(=O)OC1CCCC1)c1ccccc1. The van der Waals surface area contributed by atoms with E-state index in [1.165, 1.54) is 7.11 Å². The molecule has 0 spiro atoms. The van der Waals surface area contributed by atoms with Gasteiger partial charge in [0.1, 0.15) is 12.2 Å². The molecule has 0 aromatic heterocycles. The highest BCUT2D eigenvalue weighted by molar-refractivity contribution is 5.91. The third-order valence-electron chi connectivity index (χ3n) is 5.29. The van der Waals surface area contributed by atoms with E-state index in [9.17, 15) is 14.4 Å². The summed E-state index contributed by atoms with van der Waals surface area (Å²) in [6.45, 7) is 3.82. The van der Waals surface area contributed by atoms with Crippen molar-refractivity contribution >= 4 is 17.8 Å². The molecule has 1 aliphatic carbocycles. The molecule has 0 aliphatic heterocycles. The van der Waals surface area contributed by atoms with Gasteiger partial charge in [0, 0.05) is 7.11 Å². The van der Waals surface area contributed by atoms with Gasteiger partial charge in [-0.25, -0.2) is 10.3 Å². The van der Waals surface area contributed by atoms with Crippen LogP contribution in [0.5, 0.6) is 0 Å². The van der Waals surface area contributed by atoms with Crippen molar-refractivity contribution in [3.8, 4) is 0 Å². The number of hydroxylamine groups is 1. The van der Waals surface area contributed by atoms with Crippen LogP contribution in [-0.4, -0.2) is 42.3 Å². The maximum absolute atomic E-state index is 13.2. The highest BCUT2D eigenvalue weighted by Crippen LogP contribution is 2.25. The molecule has 2 rings (SSSR count). The van der Waals surface area contributed by atoms with Gasteiger partial charge in [-0.3, -0.25) is 14.8 Å². The molecule has 30 heavy (non-hydrogen) atoms. The summed E-state index contributed by atoms with van der Waals surface area (Å²) < 4.78 is 10.8. The molecule has 0 radical (unpaired) electrons. The molecule has 3 atom stereocenters. The van der Waals surface area contributed by atoms with E-state index in [-0.39, 0.29) is 12.0 Å². The minimum Gasteiger partial charge on any atom is -0.461 e. The topological polar surface area (TPSA) is 114 Å². The Morgan fingerprint density at radius 1 is 1.10 bits per heavy atom. The van der Waals surface area contributed by atoms with Crippen LogP contribution in [0.2, 0.25) is 0 Å². The third-order valence-corrected chi connectivity index (χ3v) is 5.29. The number of ether oxygens (including phenoxy) is 2. The lowest BCUT2D eigenvalue weighted by Gasteiger charge is -2.27. The van der Waals surface area contributed by atoms with Crippen LogP contribution in [0, 0.1) is 11.8 Å². The van der Waals surface area contributed by atoms with Crippen molar-refractivity contribution in [3.05, 3.63) is 35.9 Å². The summed E-state index contributed by atoms with van der Waals surface area (Å²) in [6.07, 6.45) is 2.67. The second kappa shape index (κ2) is 11.7. The monoisotopic (exact) mass is 420 g/mol. The van der Waals surface area contributed by atoms with E-state index in [4.69, 9.17) is 14.7 Å². The van der Waals surface area contributed by atoms with E-state index >= 15 is 0 Å². The molecule has 0 heterocycles. The number of methoxy groups -OCH3 is 1. The molecule has 8 heteroatoms. The Balaban J connectivity index is 2.24. The van der Waals surface area contributed by atoms with E-state index in [2.05, 4.69) is 5.32 Å². The molecular weight excluding hydrogens is 388 g/mol. The number of rotatable bonds is 10. The number of amides is 2. The Hall–Kier alpha value is -2.45. The molecule has 2 amide bonds. The standard InChI is InChI=1S/C22H32N2O6/c1-14(2)13-17(19(29-3)21(26)24-28)20(25)23-18(15-9-5-4-6-10-15)22(27)30-16-11-7-8-12-16/h4-6,9-10,14,16-19,28H,7-8,11-13H2,1-3H3,(H,23,25)(H,24,26)/t17-,18?,19+/m1/s1. The summed E-state index contributed by atoms with van der Waals surface area (Å²) in [7, 11) is 1.30. The molecule has 8 nitrogen and oxygen atoms in total. The summed E-state index contributed by atoms with van der Waals surface area (Å²) in [5.74, 6) is -2.68. The van der Waals surface area contributed by atoms with Gasteiger partial charge < -0.3 is 14.8 Å². The predicted octanol–water partition coefficient (Wildman–Crippen LogP) is 2.51. The molecule has 1 aliphatic rings. The fourth-order valence-corrected chi connectivity index (χ4v) is 3.81. The van der Waals surface area contributed by atoms with Crippen molar-refractivity contribution in [2.45, 2.75) is 64.2 Å². The Morgan fingerprint density at radius 2 is 1.73 bits per heavy atom. The Kier molecular flexibility index (Phi) is 9.26. The number of hydrogen-bond donors (Lipinski definition) is 3. The molecule has 166 valence electrons. The van der Waals surface area contributed by atoms with Crippen LogP contribution >= 0.6 is 0 Å². The largest absolute Gasteiger partial charge is 0.461 e. The Morgan fingerprint density at radius 3 is 2.27 bits per heavy atom. The average molecular weight is 421 g/mol. The van der Waals surface area contributed by atoms with E-state index in [0.29, 0.717) is 12.0 Å². The fraction of sp³-hybridized carbons (Fsp3) is 0.591. The zero-order valence-corrected chi connectivity index (χ0v) is 17.8. The van der Waals surface area contributed by atoms with Gasteiger partial charge in [-0.1, -0.05) is 44.2 Å². The van der Waals surface area contributed by atoms with E-state index in [0.717, 1.165) is 25.7 Å². The number of carbonyl (C=O) groups is 3. The Bertz CT molecular complexity index is 703. The normalized spacial score (nSPS) is 17.2. The van der Waals surface area contributed by atoms with E-state index in [1.54, 1.807) is 29.7 Å². The molecule has 1 aromatic rings. The van der Waals surface area contributed by atoms with Crippen LogP contribution in [0.3, 0.4) is 0 Å². The molecule has 1 unspecified atom stereocenters. The van der Waals surface area contributed by atoms with Gasteiger partial charge in [0.25, 0.3) is 5.91 Å². The van der Waals surface area contributed by atoms with Gasteiger partial charge >= 0.3 is 5.97 Å². The van der Waals surface area contributed by atoms with E-state index in [1.807, 2.05) is 19.9 Å². The zero-order valence-electron chi connectivity index (χ0n) is 17.8. The second-order valence-corrected chi connectivity index (χ2v) is 8.06. The minimum atomic E-state index is -1.19. The number of carbonyl (C=O) groups excluding carboxylic acids is 3. The van der Waals surface area contributed by atoms with Crippen LogP contribution in [-0.2, 0) is 23.9 Å². The molecule has 1 aromatic carbocycles. The van der Waals surface area contributed by atoms with Crippen molar-refractivity contribution < 1.29 is 29.1 Å². The van der Waals surface area contributed by atoms with E-state index < -0.39 is 35.8 Å². The summed E-state index contributed by atoms with van der Waals surface area (Å²) in [4.78, 5) is 38.1. The first kappa shape index (κ1) is 23.8. The summed E-state index contributed by atoms with van der Waals surface area (Å²) >= 11 is 0. The zero-order chi connectivity index (χ0) is 22.1. The van der Waals surface area contributed by atoms with Crippen LogP contribution in [0.4, 0.5) is 0 Å². The second-order valence-electron chi connectivity index (χ2n) is 8.06. The van der Waals surface area contributed by atoms with Gasteiger partial charge in [0.05, 0.1) is 5.92 Å². The predicted molar refractivity (Wildman–Crippen MR) is 109 cm³/mol. The average Bonchev–Trinajstić information content (AvgIpc) is 3.24.